The number of carbonyl (C=O) groups excluding carboxylic acids is 1. The van der Waals surface area contributed by atoms with E-state index < -0.39 is 16.1 Å². The van der Waals surface area contributed by atoms with Gasteiger partial charge < -0.3 is 4.90 Å². The number of rotatable bonds is 4. The lowest BCUT2D eigenvalue weighted by molar-refractivity contribution is -0.136. The first kappa shape index (κ1) is 19.1. The van der Waals surface area contributed by atoms with Gasteiger partial charge in [0, 0.05) is 19.6 Å². The second-order valence-corrected chi connectivity index (χ2v) is 9.41. The first-order valence-corrected chi connectivity index (χ1v) is 11.1. The molecule has 1 atom stereocenters. The van der Waals surface area contributed by atoms with E-state index in [1.807, 2.05) is 11.6 Å². The summed E-state index contributed by atoms with van der Waals surface area (Å²) in [6.45, 7) is 3.53. The molecule has 28 heavy (non-hydrogen) atoms. The van der Waals surface area contributed by atoms with E-state index in [9.17, 15) is 13.2 Å². The monoisotopic (exact) mass is 403 g/mol. The van der Waals surface area contributed by atoms with E-state index in [0.29, 0.717) is 32.5 Å². The molecule has 0 bridgehead atoms. The Kier molecular flexibility index (Phi) is 5.20. The number of piperidine rings is 1. The standard InChI is InChI=1S/C19H25N5O3S/c1-15-4-6-17(7-5-15)28(26,27)24-10-2-3-18(24)19(25)22-11-8-16(9-12-22)23-14-20-13-21-23/h4-7,13-14,16,18H,2-3,8-12H2,1H3/t18-/m0/s1. The molecule has 2 aliphatic rings. The Balaban J connectivity index is 1.46. The van der Waals surface area contributed by atoms with Crippen molar-refractivity contribution >= 4 is 15.9 Å². The number of hydrogen-bond donors (Lipinski definition) is 0. The minimum Gasteiger partial charge on any atom is -0.341 e. The van der Waals surface area contributed by atoms with Gasteiger partial charge in [0.2, 0.25) is 15.9 Å². The summed E-state index contributed by atoms with van der Waals surface area (Å²) in [7, 11) is -3.67. The van der Waals surface area contributed by atoms with Crippen LogP contribution in [0.25, 0.3) is 0 Å². The number of aromatic nitrogens is 3. The molecule has 0 N–H and O–H groups in total. The molecule has 1 amide bonds. The first-order valence-electron chi connectivity index (χ1n) is 9.68. The number of amides is 1. The van der Waals surface area contributed by atoms with Crippen LogP contribution in [0.5, 0.6) is 0 Å². The lowest BCUT2D eigenvalue weighted by Gasteiger charge is -2.35. The van der Waals surface area contributed by atoms with Crippen LogP contribution in [0.15, 0.2) is 41.8 Å². The molecule has 0 saturated carbocycles. The SMILES string of the molecule is Cc1ccc(S(=O)(=O)N2CCC[C@H]2C(=O)N2CCC(n3cncn3)CC2)cc1. The van der Waals surface area contributed by atoms with Gasteiger partial charge in [-0.1, -0.05) is 17.7 Å². The Morgan fingerprint density at radius 3 is 2.43 bits per heavy atom. The van der Waals surface area contributed by atoms with Crippen LogP contribution in [-0.2, 0) is 14.8 Å². The molecule has 8 nitrogen and oxygen atoms in total. The minimum absolute atomic E-state index is 0.0785. The van der Waals surface area contributed by atoms with Crippen LogP contribution in [0.3, 0.4) is 0 Å². The highest BCUT2D eigenvalue weighted by Gasteiger charge is 2.41. The minimum atomic E-state index is -3.67. The van der Waals surface area contributed by atoms with E-state index in [4.69, 9.17) is 0 Å². The maximum absolute atomic E-state index is 13.1. The fraction of sp³-hybridized carbons (Fsp3) is 0.526. The molecule has 0 radical (unpaired) electrons. The van der Waals surface area contributed by atoms with Gasteiger partial charge >= 0.3 is 0 Å². The zero-order valence-electron chi connectivity index (χ0n) is 15.9. The van der Waals surface area contributed by atoms with E-state index in [1.54, 1.807) is 35.5 Å². The molecule has 0 unspecified atom stereocenters. The molecule has 3 heterocycles. The smallest absolute Gasteiger partial charge is 0.243 e. The van der Waals surface area contributed by atoms with Gasteiger partial charge in [-0.05, 0) is 44.7 Å². The second kappa shape index (κ2) is 7.63. The normalized spacial score (nSPS) is 21.9. The average Bonchev–Trinajstić information content (AvgIpc) is 3.40. The van der Waals surface area contributed by atoms with Crippen LogP contribution in [0.4, 0.5) is 0 Å². The van der Waals surface area contributed by atoms with Gasteiger partial charge in [0.05, 0.1) is 10.9 Å². The number of nitrogens with zero attached hydrogens (tertiary/aromatic N) is 5. The van der Waals surface area contributed by atoms with Crippen LogP contribution in [0, 0.1) is 6.92 Å². The van der Waals surface area contributed by atoms with E-state index in [1.165, 1.54) is 10.6 Å². The molecular weight excluding hydrogens is 378 g/mol. The van der Waals surface area contributed by atoms with Gasteiger partial charge in [-0.2, -0.15) is 9.40 Å². The Morgan fingerprint density at radius 2 is 1.79 bits per heavy atom. The van der Waals surface area contributed by atoms with Crippen molar-refractivity contribution in [3.63, 3.8) is 0 Å². The highest BCUT2D eigenvalue weighted by molar-refractivity contribution is 7.89. The lowest BCUT2D eigenvalue weighted by atomic mass is 10.0. The molecule has 2 aliphatic heterocycles. The molecule has 0 spiro atoms. The fourth-order valence-corrected chi connectivity index (χ4v) is 5.74. The van der Waals surface area contributed by atoms with E-state index >= 15 is 0 Å². The van der Waals surface area contributed by atoms with Crippen molar-refractivity contribution in [3.05, 3.63) is 42.5 Å². The number of sulfonamides is 1. The van der Waals surface area contributed by atoms with Crippen molar-refractivity contribution in [2.45, 2.75) is 49.6 Å². The number of aryl methyl sites for hydroxylation is 1. The van der Waals surface area contributed by atoms with Crippen LogP contribution in [0.2, 0.25) is 0 Å². The van der Waals surface area contributed by atoms with Gasteiger partial charge in [0.15, 0.2) is 0 Å². The third kappa shape index (κ3) is 3.56. The largest absolute Gasteiger partial charge is 0.341 e. The molecule has 150 valence electrons. The Labute approximate surface area is 165 Å². The zero-order chi connectivity index (χ0) is 19.7. The summed E-state index contributed by atoms with van der Waals surface area (Å²) in [6, 6.07) is 6.45. The van der Waals surface area contributed by atoms with Crippen LogP contribution in [-0.4, -0.2) is 64.0 Å². The molecule has 0 aliphatic carbocycles. The van der Waals surface area contributed by atoms with E-state index in [2.05, 4.69) is 10.1 Å². The maximum atomic E-state index is 13.1. The van der Waals surface area contributed by atoms with Gasteiger partial charge in [0.25, 0.3) is 0 Å². The van der Waals surface area contributed by atoms with Crippen molar-refractivity contribution in [2.75, 3.05) is 19.6 Å². The Hall–Kier alpha value is -2.26. The van der Waals surface area contributed by atoms with Crippen LogP contribution < -0.4 is 0 Å². The average molecular weight is 404 g/mol. The molecular formula is C19H25N5O3S. The van der Waals surface area contributed by atoms with Crippen LogP contribution >= 0.6 is 0 Å². The summed E-state index contributed by atoms with van der Waals surface area (Å²) in [6.07, 6.45) is 6.10. The summed E-state index contributed by atoms with van der Waals surface area (Å²) in [5.41, 5.74) is 1.00. The topological polar surface area (TPSA) is 88.4 Å². The summed E-state index contributed by atoms with van der Waals surface area (Å²) in [4.78, 5) is 19.2. The summed E-state index contributed by atoms with van der Waals surface area (Å²) in [5, 5.41) is 4.19. The molecule has 2 saturated heterocycles. The van der Waals surface area contributed by atoms with Crippen molar-refractivity contribution in [1.29, 1.82) is 0 Å². The number of benzene rings is 1. The van der Waals surface area contributed by atoms with Gasteiger partial charge in [-0.3, -0.25) is 4.79 Å². The number of hydrogen-bond acceptors (Lipinski definition) is 5. The molecule has 2 fully saturated rings. The van der Waals surface area contributed by atoms with Gasteiger partial charge in [-0.25, -0.2) is 18.1 Å². The maximum Gasteiger partial charge on any atom is 0.243 e. The third-order valence-electron chi connectivity index (χ3n) is 5.70. The number of carbonyl (C=O) groups is 1. The van der Waals surface area contributed by atoms with Crippen molar-refractivity contribution < 1.29 is 13.2 Å². The predicted molar refractivity (Wildman–Crippen MR) is 103 cm³/mol. The lowest BCUT2D eigenvalue weighted by Crippen LogP contribution is -2.50. The first-order chi connectivity index (χ1) is 13.5. The predicted octanol–water partition coefficient (Wildman–Crippen LogP) is 1.60. The zero-order valence-corrected chi connectivity index (χ0v) is 16.8. The highest BCUT2D eigenvalue weighted by atomic mass is 32.2. The van der Waals surface area contributed by atoms with Crippen molar-refractivity contribution in [2.24, 2.45) is 0 Å². The molecule has 4 rings (SSSR count). The third-order valence-corrected chi connectivity index (χ3v) is 7.63. The molecule has 1 aromatic heterocycles. The second-order valence-electron chi connectivity index (χ2n) is 7.52. The number of likely N-dealkylation sites (tertiary alicyclic amines) is 1. The van der Waals surface area contributed by atoms with Crippen LogP contribution in [0.1, 0.15) is 37.3 Å². The van der Waals surface area contributed by atoms with Gasteiger partial charge in [0.1, 0.15) is 18.7 Å². The highest BCUT2D eigenvalue weighted by Crippen LogP contribution is 2.29. The Morgan fingerprint density at radius 1 is 1.07 bits per heavy atom. The Bertz CT molecular complexity index is 919. The molecule has 1 aromatic carbocycles. The van der Waals surface area contributed by atoms with Crippen molar-refractivity contribution in [1.82, 2.24) is 24.0 Å². The molecule has 2 aromatic rings. The quantitative estimate of drug-likeness (QED) is 0.774. The summed E-state index contributed by atoms with van der Waals surface area (Å²) >= 11 is 0. The van der Waals surface area contributed by atoms with Crippen molar-refractivity contribution in [3.8, 4) is 0 Å². The molecule has 9 heteroatoms. The summed E-state index contributed by atoms with van der Waals surface area (Å²) < 4.78 is 29.4. The fourth-order valence-electron chi connectivity index (χ4n) is 4.09. The van der Waals surface area contributed by atoms with Gasteiger partial charge in [-0.15, -0.1) is 0 Å². The van der Waals surface area contributed by atoms with E-state index in [-0.39, 0.29) is 16.8 Å². The summed E-state index contributed by atoms with van der Waals surface area (Å²) in [5.74, 6) is -0.0785. The van der Waals surface area contributed by atoms with E-state index in [0.717, 1.165) is 18.4 Å².